The van der Waals surface area contributed by atoms with Crippen LogP contribution in [0.5, 0.6) is 0 Å². The summed E-state index contributed by atoms with van der Waals surface area (Å²) in [4.78, 5) is 24.4. The molecule has 8 nitrogen and oxygen atoms in total. The second-order valence-electron chi connectivity index (χ2n) is 12.8. The maximum absolute atomic E-state index is 14.3. The molecule has 1 aliphatic rings. The summed E-state index contributed by atoms with van der Waals surface area (Å²) < 4.78 is 78.7. The van der Waals surface area contributed by atoms with Crippen LogP contribution in [0.3, 0.4) is 0 Å². The van der Waals surface area contributed by atoms with Crippen molar-refractivity contribution in [2.75, 3.05) is 13.7 Å². The minimum atomic E-state index is -4.98. The van der Waals surface area contributed by atoms with Gasteiger partial charge in [-0.1, -0.05) is 43.0 Å². The molecule has 1 saturated carbocycles. The number of carbonyl (C=O) groups is 2. The topological polar surface area (TPSA) is 106 Å². The van der Waals surface area contributed by atoms with Crippen LogP contribution in [0.1, 0.15) is 89.1 Å². The summed E-state index contributed by atoms with van der Waals surface area (Å²) in [7, 11) is -3.42. The molecule has 0 saturated heterocycles. The van der Waals surface area contributed by atoms with E-state index < -0.39 is 49.5 Å². The van der Waals surface area contributed by atoms with Crippen LogP contribution in [0.15, 0.2) is 29.2 Å². The zero-order valence-corrected chi connectivity index (χ0v) is 27.0. The van der Waals surface area contributed by atoms with E-state index in [9.17, 15) is 31.2 Å². The van der Waals surface area contributed by atoms with E-state index >= 15 is 0 Å². The summed E-state index contributed by atoms with van der Waals surface area (Å²) >= 11 is 6.78. The van der Waals surface area contributed by atoms with Gasteiger partial charge in [0.25, 0.3) is 5.91 Å². The largest absolute Gasteiger partial charge is 0.469 e. The number of benzene rings is 1. The average Bonchev–Trinajstić information content (AvgIpc) is 3.22. The number of amides is 1. The SMILES string of the molecule is COC(=O)C(C)(C)CCNC(=O)c1cc(-c2cccc(C(F)(F)F)c2S(=O)(=O)NC(C)(C)C)n(CC2CCCCC2)c1Cl. The van der Waals surface area contributed by atoms with Crippen molar-refractivity contribution in [1.82, 2.24) is 14.6 Å². The molecule has 1 aromatic carbocycles. The zero-order chi connectivity index (χ0) is 32.4. The first-order valence-electron chi connectivity index (χ1n) is 14.3. The molecule has 0 bridgehead atoms. The minimum Gasteiger partial charge on any atom is -0.469 e. The number of hydrogen-bond acceptors (Lipinski definition) is 5. The molecule has 1 amide bonds. The third-order valence-corrected chi connectivity index (χ3v) is 9.79. The van der Waals surface area contributed by atoms with Crippen molar-refractivity contribution in [3.8, 4) is 11.3 Å². The molecule has 0 radical (unpaired) electrons. The fourth-order valence-corrected chi connectivity index (χ4v) is 7.53. The van der Waals surface area contributed by atoms with Crippen molar-refractivity contribution < 1.29 is 35.9 Å². The Morgan fingerprint density at radius 2 is 1.70 bits per heavy atom. The number of methoxy groups -OCH3 is 1. The molecule has 0 spiro atoms. The highest BCUT2D eigenvalue weighted by molar-refractivity contribution is 7.89. The molecule has 1 aromatic heterocycles. The number of esters is 1. The molecule has 240 valence electrons. The first-order chi connectivity index (χ1) is 19.8. The van der Waals surface area contributed by atoms with Gasteiger partial charge in [-0.05, 0) is 71.9 Å². The Hall–Kier alpha value is -2.57. The molecule has 2 aromatic rings. The number of alkyl halides is 3. The van der Waals surface area contributed by atoms with Gasteiger partial charge < -0.3 is 14.6 Å². The van der Waals surface area contributed by atoms with Crippen LogP contribution in [0.25, 0.3) is 11.3 Å². The van der Waals surface area contributed by atoms with Crippen molar-refractivity contribution in [1.29, 1.82) is 0 Å². The van der Waals surface area contributed by atoms with Crippen LogP contribution in [-0.4, -0.2) is 44.1 Å². The van der Waals surface area contributed by atoms with Gasteiger partial charge in [0.05, 0.1) is 29.3 Å². The Balaban J connectivity index is 2.17. The highest BCUT2D eigenvalue weighted by Crippen LogP contribution is 2.42. The van der Waals surface area contributed by atoms with Crippen molar-refractivity contribution in [2.24, 2.45) is 11.3 Å². The summed E-state index contributed by atoms with van der Waals surface area (Å²) in [6.07, 6.45) is 0.0752. The molecule has 1 heterocycles. The molecular weight excluding hydrogens is 607 g/mol. The summed E-state index contributed by atoms with van der Waals surface area (Å²) in [5.74, 6) is -0.894. The lowest BCUT2D eigenvalue weighted by molar-refractivity contribution is -0.151. The minimum absolute atomic E-state index is 0.00478. The van der Waals surface area contributed by atoms with Gasteiger partial charge in [-0.3, -0.25) is 9.59 Å². The lowest BCUT2D eigenvalue weighted by Gasteiger charge is -2.26. The Bertz CT molecular complexity index is 1440. The number of rotatable bonds is 10. The normalized spacial score (nSPS) is 15.4. The van der Waals surface area contributed by atoms with Crippen LogP contribution >= 0.6 is 11.6 Å². The fourth-order valence-electron chi connectivity index (χ4n) is 5.38. The van der Waals surface area contributed by atoms with E-state index in [1.807, 2.05) is 0 Å². The van der Waals surface area contributed by atoms with Gasteiger partial charge in [0, 0.05) is 24.2 Å². The van der Waals surface area contributed by atoms with Crippen LogP contribution in [0, 0.1) is 11.3 Å². The zero-order valence-electron chi connectivity index (χ0n) is 25.5. The van der Waals surface area contributed by atoms with Gasteiger partial charge in [0.2, 0.25) is 10.0 Å². The molecular formula is C30H41ClF3N3O5S. The summed E-state index contributed by atoms with van der Waals surface area (Å²) in [5.41, 5.74) is -3.39. The van der Waals surface area contributed by atoms with Crippen LogP contribution in [-0.2, 0) is 32.3 Å². The predicted octanol–water partition coefficient (Wildman–Crippen LogP) is 6.80. The van der Waals surface area contributed by atoms with Crippen LogP contribution in [0.2, 0.25) is 5.15 Å². The van der Waals surface area contributed by atoms with E-state index in [2.05, 4.69) is 10.0 Å². The number of sulfonamides is 1. The maximum atomic E-state index is 14.3. The van der Waals surface area contributed by atoms with Crippen molar-refractivity contribution in [3.05, 3.63) is 40.5 Å². The number of nitrogens with zero attached hydrogens (tertiary/aromatic N) is 1. The molecule has 43 heavy (non-hydrogen) atoms. The molecule has 13 heteroatoms. The second-order valence-corrected chi connectivity index (χ2v) is 14.7. The Kier molecular flexibility index (Phi) is 10.7. The van der Waals surface area contributed by atoms with Gasteiger partial charge in [0.1, 0.15) is 10.0 Å². The van der Waals surface area contributed by atoms with Gasteiger partial charge in [0.15, 0.2) is 0 Å². The summed E-state index contributed by atoms with van der Waals surface area (Å²) in [5, 5.41) is 2.72. The second kappa shape index (κ2) is 13.2. The lowest BCUT2D eigenvalue weighted by Crippen LogP contribution is -2.41. The van der Waals surface area contributed by atoms with E-state index in [0.29, 0.717) is 6.54 Å². The molecule has 0 aliphatic heterocycles. The molecule has 3 rings (SSSR count). The maximum Gasteiger partial charge on any atom is 0.417 e. The predicted molar refractivity (Wildman–Crippen MR) is 159 cm³/mol. The van der Waals surface area contributed by atoms with Gasteiger partial charge in [-0.15, -0.1) is 0 Å². The number of hydrogen-bond donors (Lipinski definition) is 2. The highest BCUT2D eigenvalue weighted by Gasteiger charge is 2.41. The summed E-state index contributed by atoms with van der Waals surface area (Å²) in [6, 6.07) is 4.52. The van der Waals surface area contributed by atoms with Gasteiger partial charge in [-0.25, -0.2) is 13.1 Å². The first kappa shape index (κ1) is 34.9. The summed E-state index contributed by atoms with van der Waals surface area (Å²) in [6.45, 7) is 8.36. The van der Waals surface area contributed by atoms with Crippen molar-refractivity contribution in [3.63, 3.8) is 0 Å². The lowest BCUT2D eigenvalue weighted by atomic mass is 9.89. The van der Waals surface area contributed by atoms with E-state index in [0.717, 1.165) is 44.2 Å². The van der Waals surface area contributed by atoms with Crippen molar-refractivity contribution in [2.45, 2.75) is 96.3 Å². The average molecular weight is 648 g/mol. The van der Waals surface area contributed by atoms with Crippen LogP contribution < -0.4 is 10.0 Å². The van der Waals surface area contributed by atoms with E-state index in [1.54, 1.807) is 18.4 Å². The smallest absolute Gasteiger partial charge is 0.417 e. The molecule has 0 unspecified atom stereocenters. The standard InChI is InChI=1S/C30H41ClF3N3O5S/c1-28(2,3)36-43(40,41)24-20(13-10-14-22(24)30(32,33)34)23-17-21(25(31)37(23)18-19-11-8-7-9-12-19)26(38)35-16-15-29(4,5)27(39)42-6/h10,13-14,17,19,36H,7-9,11-12,15-16,18H2,1-6H3,(H,35,38). The van der Waals surface area contributed by atoms with Gasteiger partial charge >= 0.3 is 12.1 Å². The third kappa shape index (κ3) is 8.54. The molecule has 2 N–H and O–H groups in total. The van der Waals surface area contributed by atoms with Gasteiger partial charge in [-0.2, -0.15) is 13.2 Å². The Morgan fingerprint density at radius 3 is 2.26 bits per heavy atom. The number of aromatic nitrogens is 1. The number of ether oxygens (including phenoxy) is 1. The van der Waals surface area contributed by atoms with E-state index in [4.69, 9.17) is 16.3 Å². The number of carbonyl (C=O) groups excluding carboxylic acids is 2. The van der Waals surface area contributed by atoms with Crippen LogP contribution in [0.4, 0.5) is 13.2 Å². The van der Waals surface area contributed by atoms with Crippen molar-refractivity contribution >= 4 is 33.5 Å². The molecule has 1 fully saturated rings. The Labute approximate surface area is 256 Å². The molecule has 1 aliphatic carbocycles. The quantitative estimate of drug-likeness (QED) is 0.276. The first-order valence-corrected chi connectivity index (χ1v) is 16.1. The molecule has 0 atom stereocenters. The number of halogens is 4. The third-order valence-electron chi connectivity index (χ3n) is 7.52. The monoisotopic (exact) mass is 647 g/mol. The highest BCUT2D eigenvalue weighted by atomic mass is 35.5. The Morgan fingerprint density at radius 1 is 1.07 bits per heavy atom. The fraction of sp³-hybridized carbons (Fsp3) is 0.600. The van der Waals surface area contributed by atoms with E-state index in [1.165, 1.54) is 40.0 Å². The number of nitrogens with one attached hydrogen (secondary N) is 2. The van der Waals surface area contributed by atoms with E-state index in [-0.39, 0.29) is 40.9 Å².